The maximum Gasteiger partial charge on any atom is 0.408 e. The second-order valence-electron chi connectivity index (χ2n) is 9.30. The number of rotatable bonds is 6. The summed E-state index contributed by atoms with van der Waals surface area (Å²) in [5, 5.41) is 17.7. The number of ether oxygens (including phenoxy) is 1. The summed E-state index contributed by atoms with van der Waals surface area (Å²) in [7, 11) is 1.58. The van der Waals surface area contributed by atoms with Crippen molar-refractivity contribution in [2.75, 3.05) is 0 Å². The predicted molar refractivity (Wildman–Crippen MR) is 126 cm³/mol. The molecule has 1 saturated carbocycles. The Labute approximate surface area is 206 Å². The number of amides is 2. The number of halogens is 2. The number of hydrogen-bond acceptors (Lipinski definition) is 7. The van der Waals surface area contributed by atoms with Crippen molar-refractivity contribution in [3.05, 3.63) is 47.0 Å². The Morgan fingerprint density at radius 3 is 2.63 bits per heavy atom. The quantitative estimate of drug-likeness (QED) is 0.530. The minimum Gasteiger partial charge on any atom is -0.444 e. The Kier molecular flexibility index (Phi) is 6.46. The lowest BCUT2D eigenvalue weighted by Gasteiger charge is -2.23. The third-order valence-electron chi connectivity index (χ3n) is 5.31. The molecule has 0 radical (unpaired) electrons. The molecule has 2 amide bonds. The van der Waals surface area contributed by atoms with Gasteiger partial charge in [-0.25, -0.2) is 9.18 Å². The molecule has 35 heavy (non-hydrogen) atoms. The Morgan fingerprint density at radius 1 is 1.26 bits per heavy atom. The zero-order chi connectivity index (χ0) is 25.4. The molecule has 4 rings (SSSR count). The van der Waals surface area contributed by atoms with Gasteiger partial charge in [0.05, 0.1) is 29.9 Å². The molecular formula is C23H25ClFN7O3. The van der Waals surface area contributed by atoms with Gasteiger partial charge >= 0.3 is 6.09 Å². The summed E-state index contributed by atoms with van der Waals surface area (Å²) in [5.41, 5.74) is -0.161. The summed E-state index contributed by atoms with van der Waals surface area (Å²) in [6.45, 7) is 5.26. The molecule has 1 aromatic carbocycles. The van der Waals surface area contributed by atoms with Crippen LogP contribution in [0.1, 0.15) is 39.3 Å². The van der Waals surface area contributed by atoms with Crippen molar-refractivity contribution in [2.45, 2.75) is 51.3 Å². The van der Waals surface area contributed by atoms with Gasteiger partial charge in [0, 0.05) is 11.8 Å². The lowest BCUT2D eigenvalue weighted by atomic mass is 9.97. The number of nitrogens with zero attached hydrogens (tertiary/aromatic N) is 5. The van der Waals surface area contributed by atoms with Gasteiger partial charge in [-0.3, -0.25) is 9.78 Å². The summed E-state index contributed by atoms with van der Waals surface area (Å²) in [6.07, 6.45) is 1.77. The van der Waals surface area contributed by atoms with Crippen molar-refractivity contribution < 1.29 is 18.7 Å². The first-order valence-electron chi connectivity index (χ1n) is 10.9. The van der Waals surface area contributed by atoms with Crippen molar-refractivity contribution in [3.8, 4) is 22.5 Å². The molecule has 12 heteroatoms. The van der Waals surface area contributed by atoms with Gasteiger partial charge in [0.15, 0.2) is 0 Å². The zero-order valence-corrected chi connectivity index (χ0v) is 20.5. The van der Waals surface area contributed by atoms with Gasteiger partial charge in [-0.1, -0.05) is 23.7 Å². The first kappa shape index (κ1) is 24.5. The lowest BCUT2D eigenvalue weighted by Crippen LogP contribution is -2.50. The van der Waals surface area contributed by atoms with Crippen LogP contribution in [0.15, 0.2) is 30.5 Å². The average Bonchev–Trinajstić information content (AvgIpc) is 3.42. The number of pyridine rings is 1. The average molecular weight is 502 g/mol. The number of hydrogen-bond donors (Lipinski definition) is 2. The van der Waals surface area contributed by atoms with Crippen molar-refractivity contribution in [3.63, 3.8) is 0 Å². The highest BCUT2D eigenvalue weighted by Crippen LogP contribution is 2.37. The summed E-state index contributed by atoms with van der Waals surface area (Å²) < 4.78 is 20.2. The van der Waals surface area contributed by atoms with Crippen LogP contribution in [0.25, 0.3) is 22.5 Å². The smallest absolute Gasteiger partial charge is 0.408 e. The topological polar surface area (TPSA) is 124 Å². The van der Waals surface area contributed by atoms with E-state index in [-0.39, 0.29) is 23.8 Å². The van der Waals surface area contributed by atoms with E-state index in [4.69, 9.17) is 16.3 Å². The minimum atomic E-state index is -1.03. The Balaban J connectivity index is 1.58. The first-order chi connectivity index (χ1) is 16.5. The van der Waals surface area contributed by atoms with Crippen molar-refractivity contribution in [2.24, 2.45) is 7.05 Å². The molecule has 0 aliphatic heterocycles. The van der Waals surface area contributed by atoms with E-state index >= 15 is 0 Å². The van der Waals surface area contributed by atoms with E-state index in [1.54, 1.807) is 46.0 Å². The van der Waals surface area contributed by atoms with E-state index in [0.29, 0.717) is 34.7 Å². The number of carbonyl (C=O) groups is 2. The summed E-state index contributed by atoms with van der Waals surface area (Å²) >= 11 is 6.21. The van der Waals surface area contributed by atoms with Crippen LogP contribution in [-0.4, -0.2) is 48.3 Å². The number of aromatic nitrogens is 5. The molecule has 2 N–H and O–H groups in total. The van der Waals surface area contributed by atoms with Crippen LogP contribution in [0.4, 0.5) is 9.18 Å². The summed E-state index contributed by atoms with van der Waals surface area (Å²) in [6, 6.07) is 6.18. The predicted octanol–water partition coefficient (Wildman–Crippen LogP) is 3.41. The minimum absolute atomic E-state index is 0.0208. The van der Waals surface area contributed by atoms with Crippen molar-refractivity contribution in [1.82, 2.24) is 35.8 Å². The van der Waals surface area contributed by atoms with Gasteiger partial charge in [-0.05, 0) is 56.5 Å². The molecule has 0 atom stereocenters. The standard InChI is InChI=1S/C23H25ClFN7O3/c1-22(2,3)35-21(34)28-23(8-9-23)20(33)27-12-17-15(10-13(24)11-26-17)14-6-5-7-16(25)18(14)19-29-31-32(4)30-19/h5-7,10-11H,8-9,12H2,1-4H3,(H,27,33)(H,28,34). The van der Waals surface area contributed by atoms with E-state index in [1.807, 2.05) is 0 Å². The maximum atomic E-state index is 14.9. The molecule has 2 heterocycles. The van der Waals surface area contributed by atoms with Gasteiger partial charge < -0.3 is 15.4 Å². The van der Waals surface area contributed by atoms with Gasteiger partial charge in [-0.15, -0.1) is 10.2 Å². The van der Waals surface area contributed by atoms with Crippen LogP contribution in [-0.2, 0) is 23.1 Å². The van der Waals surface area contributed by atoms with E-state index in [1.165, 1.54) is 17.1 Å². The summed E-state index contributed by atoms with van der Waals surface area (Å²) in [4.78, 5) is 30.7. The molecule has 0 unspecified atom stereocenters. The van der Waals surface area contributed by atoms with Crippen LogP contribution < -0.4 is 10.6 Å². The van der Waals surface area contributed by atoms with E-state index in [0.717, 1.165) is 0 Å². The van der Waals surface area contributed by atoms with E-state index in [2.05, 4.69) is 31.0 Å². The van der Waals surface area contributed by atoms with Gasteiger partial charge in [0.1, 0.15) is 17.0 Å². The number of benzene rings is 1. The molecule has 0 spiro atoms. The highest BCUT2D eigenvalue weighted by atomic mass is 35.5. The van der Waals surface area contributed by atoms with Crippen LogP contribution in [0.5, 0.6) is 0 Å². The van der Waals surface area contributed by atoms with Crippen LogP contribution in [0, 0.1) is 5.82 Å². The molecule has 184 valence electrons. The highest BCUT2D eigenvalue weighted by molar-refractivity contribution is 6.30. The monoisotopic (exact) mass is 501 g/mol. The molecular weight excluding hydrogens is 477 g/mol. The van der Waals surface area contributed by atoms with E-state index < -0.39 is 23.1 Å². The Morgan fingerprint density at radius 2 is 2.00 bits per heavy atom. The van der Waals surface area contributed by atoms with Crippen molar-refractivity contribution in [1.29, 1.82) is 0 Å². The molecule has 0 saturated heterocycles. The second-order valence-corrected chi connectivity index (χ2v) is 9.74. The SMILES string of the molecule is Cn1nnc(-c2c(F)cccc2-c2cc(Cl)cnc2CNC(=O)C2(NC(=O)OC(C)(C)C)CC2)n1. The zero-order valence-electron chi connectivity index (χ0n) is 19.7. The van der Waals surface area contributed by atoms with Crippen LogP contribution in [0.3, 0.4) is 0 Å². The van der Waals surface area contributed by atoms with Crippen LogP contribution in [0.2, 0.25) is 5.02 Å². The Bertz CT molecular complexity index is 1280. The molecule has 1 aliphatic rings. The number of alkyl carbamates (subject to hydrolysis) is 1. The Hall–Kier alpha value is -3.60. The third-order valence-corrected chi connectivity index (χ3v) is 5.52. The third kappa shape index (κ3) is 5.56. The fourth-order valence-electron chi connectivity index (χ4n) is 3.57. The molecule has 1 fully saturated rings. The largest absolute Gasteiger partial charge is 0.444 e. The molecule has 10 nitrogen and oxygen atoms in total. The number of aryl methyl sites for hydroxylation is 1. The highest BCUT2D eigenvalue weighted by Gasteiger charge is 2.51. The van der Waals surface area contributed by atoms with Crippen molar-refractivity contribution >= 4 is 23.6 Å². The van der Waals surface area contributed by atoms with Gasteiger partial charge in [-0.2, -0.15) is 4.80 Å². The molecule has 1 aliphatic carbocycles. The fourth-order valence-corrected chi connectivity index (χ4v) is 3.73. The normalized spacial score (nSPS) is 14.3. The molecule has 2 aromatic heterocycles. The fraction of sp³-hybridized carbons (Fsp3) is 0.391. The first-order valence-corrected chi connectivity index (χ1v) is 11.3. The van der Waals surface area contributed by atoms with Gasteiger partial charge in [0.25, 0.3) is 0 Å². The maximum absolute atomic E-state index is 14.9. The summed E-state index contributed by atoms with van der Waals surface area (Å²) in [5.74, 6) is -0.792. The van der Waals surface area contributed by atoms with Crippen LogP contribution >= 0.6 is 11.6 Å². The number of nitrogens with one attached hydrogen (secondary N) is 2. The number of tetrazole rings is 1. The molecule has 3 aromatic rings. The number of carbonyl (C=O) groups excluding carboxylic acids is 2. The molecule has 0 bridgehead atoms. The van der Waals surface area contributed by atoms with E-state index in [9.17, 15) is 14.0 Å². The van der Waals surface area contributed by atoms with Gasteiger partial charge in [0.2, 0.25) is 11.7 Å². The lowest BCUT2D eigenvalue weighted by molar-refractivity contribution is -0.124. The second kappa shape index (κ2) is 9.21.